The lowest BCUT2D eigenvalue weighted by Gasteiger charge is -2.36. The van der Waals surface area contributed by atoms with Gasteiger partial charge in [-0.05, 0) is 30.2 Å². The van der Waals surface area contributed by atoms with E-state index in [0.717, 1.165) is 55.1 Å². The van der Waals surface area contributed by atoms with Gasteiger partial charge in [-0.2, -0.15) is 4.98 Å². The smallest absolute Gasteiger partial charge is 0.227 e. The molecule has 6 nitrogen and oxygen atoms in total. The first kappa shape index (κ1) is 24.0. The van der Waals surface area contributed by atoms with Crippen LogP contribution in [0.25, 0.3) is 0 Å². The number of anilines is 3. The molecular formula is C23H35ClN6S. The van der Waals surface area contributed by atoms with E-state index in [1.807, 2.05) is 37.7 Å². The van der Waals surface area contributed by atoms with Gasteiger partial charge in [-0.1, -0.05) is 39.3 Å². The summed E-state index contributed by atoms with van der Waals surface area (Å²) in [7, 11) is 0. The highest BCUT2D eigenvalue weighted by atomic mass is 35.5. The zero-order chi connectivity index (χ0) is 22.4. The van der Waals surface area contributed by atoms with Crippen molar-refractivity contribution in [1.82, 2.24) is 9.97 Å². The monoisotopic (exact) mass is 462 g/mol. The van der Waals surface area contributed by atoms with Gasteiger partial charge in [0.05, 0.1) is 10.6 Å². The molecule has 1 atom stereocenters. The van der Waals surface area contributed by atoms with Crippen molar-refractivity contribution in [1.29, 1.82) is 0 Å². The third-order valence-corrected chi connectivity index (χ3v) is 7.02. The fraction of sp³-hybridized carbons (Fsp3) is 0.565. The fourth-order valence-electron chi connectivity index (χ4n) is 3.78. The van der Waals surface area contributed by atoms with Gasteiger partial charge in [0.25, 0.3) is 0 Å². The van der Waals surface area contributed by atoms with Crippen molar-refractivity contribution in [2.75, 3.05) is 53.6 Å². The van der Waals surface area contributed by atoms with Gasteiger partial charge in [-0.15, -0.1) is 11.8 Å². The molecule has 1 aromatic heterocycles. The lowest BCUT2D eigenvalue weighted by Crippen LogP contribution is -2.47. The first-order valence-corrected chi connectivity index (χ1v) is 12.7. The molecule has 170 valence electrons. The van der Waals surface area contributed by atoms with Crippen LogP contribution in [0.3, 0.4) is 0 Å². The molecule has 1 aromatic carbocycles. The third-order valence-electron chi connectivity index (χ3n) is 5.64. The normalized spacial score (nSPS) is 16.6. The maximum atomic E-state index is 6.02. The van der Waals surface area contributed by atoms with E-state index in [1.165, 1.54) is 16.3 Å². The Morgan fingerprint density at radius 1 is 1.06 bits per heavy atom. The molecule has 4 rings (SSSR count). The van der Waals surface area contributed by atoms with Gasteiger partial charge in [0.1, 0.15) is 5.82 Å². The molecule has 2 aromatic rings. The molecule has 0 aliphatic carbocycles. The number of thioether (sulfide) groups is 1. The van der Waals surface area contributed by atoms with Crippen molar-refractivity contribution >= 4 is 40.8 Å². The van der Waals surface area contributed by atoms with Crippen LogP contribution >= 0.6 is 23.4 Å². The summed E-state index contributed by atoms with van der Waals surface area (Å²) < 4.78 is 0. The standard InChI is InChI=1S/C21H29ClN6S.C2H6/c1-14(2)18(13-23)24-20-19-17(7-12-29-19)25-21(26-20)28-10-8-27(9-11-28)16-5-3-15(22)4-6-16;1-2/h3-6,14,18H,7-13,23H2,1-2H3,(H,24,25,26);1-2H3. The molecule has 31 heavy (non-hydrogen) atoms. The molecule has 2 aliphatic rings. The quantitative estimate of drug-likeness (QED) is 0.653. The minimum absolute atomic E-state index is 0.213. The zero-order valence-corrected chi connectivity index (χ0v) is 20.6. The first-order valence-electron chi connectivity index (χ1n) is 11.3. The molecule has 3 heterocycles. The summed E-state index contributed by atoms with van der Waals surface area (Å²) in [4.78, 5) is 15.7. The summed E-state index contributed by atoms with van der Waals surface area (Å²) in [6.45, 7) is 12.7. The summed E-state index contributed by atoms with van der Waals surface area (Å²) in [6, 6.07) is 8.28. The van der Waals surface area contributed by atoms with E-state index in [2.05, 4.69) is 41.1 Å². The number of nitrogens with two attached hydrogens (primary N) is 1. The molecular weight excluding hydrogens is 428 g/mol. The number of aryl methyl sites for hydroxylation is 1. The number of benzene rings is 1. The van der Waals surface area contributed by atoms with Gasteiger partial charge in [0.15, 0.2) is 0 Å². The summed E-state index contributed by atoms with van der Waals surface area (Å²) in [6.07, 6.45) is 1.00. The minimum Gasteiger partial charge on any atom is -0.368 e. The molecule has 0 amide bonds. The van der Waals surface area contributed by atoms with E-state index in [-0.39, 0.29) is 6.04 Å². The number of piperazine rings is 1. The van der Waals surface area contributed by atoms with Crippen LogP contribution < -0.4 is 20.9 Å². The SMILES string of the molecule is CC.CC(C)C(CN)Nc1nc(N2CCN(c3ccc(Cl)cc3)CC2)nc2c1SCC2. The lowest BCUT2D eigenvalue weighted by molar-refractivity contribution is 0.528. The van der Waals surface area contributed by atoms with E-state index in [0.29, 0.717) is 12.5 Å². The molecule has 3 N–H and O–H groups in total. The molecule has 1 fully saturated rings. The van der Waals surface area contributed by atoms with Crippen molar-refractivity contribution in [3.63, 3.8) is 0 Å². The van der Waals surface area contributed by atoms with Gasteiger partial charge in [0.2, 0.25) is 5.95 Å². The number of nitrogens with zero attached hydrogens (tertiary/aromatic N) is 4. The largest absolute Gasteiger partial charge is 0.368 e. The average molecular weight is 463 g/mol. The molecule has 1 unspecified atom stereocenters. The maximum Gasteiger partial charge on any atom is 0.227 e. The van der Waals surface area contributed by atoms with Gasteiger partial charge >= 0.3 is 0 Å². The summed E-state index contributed by atoms with van der Waals surface area (Å²) >= 11 is 7.87. The van der Waals surface area contributed by atoms with Crippen molar-refractivity contribution < 1.29 is 0 Å². The number of hydrogen-bond donors (Lipinski definition) is 2. The number of halogens is 1. The zero-order valence-electron chi connectivity index (χ0n) is 19.1. The number of rotatable bonds is 6. The summed E-state index contributed by atoms with van der Waals surface area (Å²) in [5.74, 6) is 3.31. The van der Waals surface area contributed by atoms with Crippen molar-refractivity contribution in [3.05, 3.63) is 35.0 Å². The average Bonchev–Trinajstić information content (AvgIpc) is 3.28. The van der Waals surface area contributed by atoms with Crippen LogP contribution in [0.2, 0.25) is 5.02 Å². The maximum absolute atomic E-state index is 6.02. The van der Waals surface area contributed by atoms with Crippen LogP contribution in [0.15, 0.2) is 29.2 Å². The molecule has 0 bridgehead atoms. The summed E-state index contributed by atoms with van der Waals surface area (Å²) in [5.41, 5.74) is 8.37. The first-order chi connectivity index (χ1) is 15.0. The number of nitrogens with one attached hydrogen (secondary N) is 1. The van der Waals surface area contributed by atoms with Crippen molar-refractivity contribution in [2.45, 2.75) is 45.1 Å². The predicted molar refractivity (Wildman–Crippen MR) is 135 cm³/mol. The van der Waals surface area contributed by atoms with E-state index in [1.54, 1.807) is 0 Å². The molecule has 0 saturated carbocycles. The number of aromatic nitrogens is 2. The highest BCUT2D eigenvalue weighted by molar-refractivity contribution is 7.99. The Morgan fingerprint density at radius 2 is 1.71 bits per heavy atom. The Balaban J connectivity index is 0.00000132. The highest BCUT2D eigenvalue weighted by Crippen LogP contribution is 2.37. The fourth-order valence-corrected chi connectivity index (χ4v) is 4.97. The molecule has 0 radical (unpaired) electrons. The number of hydrogen-bond acceptors (Lipinski definition) is 7. The van der Waals surface area contributed by atoms with Crippen LogP contribution in [0.5, 0.6) is 0 Å². The van der Waals surface area contributed by atoms with Crippen LogP contribution in [0.4, 0.5) is 17.5 Å². The third kappa shape index (κ3) is 5.76. The van der Waals surface area contributed by atoms with E-state index < -0.39 is 0 Å². The van der Waals surface area contributed by atoms with E-state index >= 15 is 0 Å². The Kier molecular flexibility index (Phi) is 8.69. The second-order valence-corrected chi connectivity index (χ2v) is 9.47. The second kappa shape index (κ2) is 11.2. The summed E-state index contributed by atoms with van der Waals surface area (Å²) in [5, 5.41) is 4.37. The molecule has 2 aliphatic heterocycles. The van der Waals surface area contributed by atoms with Crippen molar-refractivity contribution in [3.8, 4) is 0 Å². The predicted octanol–water partition coefficient (Wildman–Crippen LogP) is 4.53. The van der Waals surface area contributed by atoms with Crippen LogP contribution in [-0.2, 0) is 6.42 Å². The Morgan fingerprint density at radius 3 is 2.32 bits per heavy atom. The number of fused-ring (bicyclic) bond motifs is 1. The molecule has 1 saturated heterocycles. The van der Waals surface area contributed by atoms with E-state index in [4.69, 9.17) is 27.3 Å². The highest BCUT2D eigenvalue weighted by Gasteiger charge is 2.26. The van der Waals surface area contributed by atoms with Crippen LogP contribution in [0, 0.1) is 5.92 Å². The lowest BCUT2D eigenvalue weighted by atomic mass is 10.0. The van der Waals surface area contributed by atoms with Gasteiger partial charge < -0.3 is 20.9 Å². The molecule has 0 spiro atoms. The Labute approximate surface area is 196 Å². The van der Waals surface area contributed by atoms with Crippen LogP contribution in [0.1, 0.15) is 33.4 Å². The van der Waals surface area contributed by atoms with Crippen LogP contribution in [-0.4, -0.2) is 54.5 Å². The van der Waals surface area contributed by atoms with Crippen molar-refractivity contribution in [2.24, 2.45) is 11.7 Å². The Bertz CT molecular complexity index is 837. The molecule has 8 heteroatoms. The van der Waals surface area contributed by atoms with Gasteiger partial charge in [0, 0.05) is 61.6 Å². The van der Waals surface area contributed by atoms with E-state index in [9.17, 15) is 0 Å². The minimum atomic E-state index is 0.213. The van der Waals surface area contributed by atoms with Gasteiger partial charge in [-0.25, -0.2) is 4.98 Å². The second-order valence-electron chi connectivity index (χ2n) is 7.93. The Hall–Kier alpha value is -1.70. The topological polar surface area (TPSA) is 70.3 Å². The van der Waals surface area contributed by atoms with Gasteiger partial charge in [-0.3, -0.25) is 0 Å².